The lowest BCUT2D eigenvalue weighted by molar-refractivity contribution is 0.338. The van der Waals surface area contributed by atoms with Gasteiger partial charge in [0.2, 0.25) is 0 Å². The highest BCUT2D eigenvalue weighted by Gasteiger charge is 2.16. The normalized spacial score (nSPS) is 16.1. The molecule has 0 unspecified atom stereocenters. The predicted octanol–water partition coefficient (Wildman–Crippen LogP) is 3.64. The van der Waals surface area contributed by atoms with E-state index in [9.17, 15) is 0 Å². The number of hydrogen-bond donors (Lipinski definition) is 1. The summed E-state index contributed by atoms with van der Waals surface area (Å²) in [5.41, 5.74) is 2.41. The largest absolute Gasteiger partial charge is 0.310 e. The third-order valence-corrected chi connectivity index (χ3v) is 3.97. The Balaban J connectivity index is 1.88. The maximum atomic E-state index is 4.40. The number of nitrogens with zero attached hydrogens (tertiary/aromatic N) is 1. The summed E-state index contributed by atoms with van der Waals surface area (Å²) in [6.45, 7) is 0.945. The first-order chi connectivity index (χ1) is 8.33. The van der Waals surface area contributed by atoms with Crippen LogP contribution in [0.3, 0.4) is 0 Å². The molecule has 17 heavy (non-hydrogen) atoms. The summed E-state index contributed by atoms with van der Waals surface area (Å²) in [5, 5.41) is 4.85. The van der Waals surface area contributed by atoms with Crippen molar-refractivity contribution in [2.75, 3.05) is 0 Å². The zero-order valence-electron chi connectivity index (χ0n) is 9.62. The number of halogens is 1. The molecule has 1 aliphatic rings. The van der Waals surface area contributed by atoms with E-state index in [0.29, 0.717) is 0 Å². The molecule has 0 aliphatic heterocycles. The van der Waals surface area contributed by atoms with Gasteiger partial charge in [-0.1, -0.05) is 22.4 Å². The van der Waals surface area contributed by atoms with E-state index in [1.165, 1.54) is 30.2 Å². The van der Waals surface area contributed by atoms with Crippen LogP contribution < -0.4 is 5.32 Å². The highest BCUT2D eigenvalue weighted by molar-refractivity contribution is 9.10. The van der Waals surface area contributed by atoms with Crippen LogP contribution in [0, 0.1) is 0 Å². The number of pyridine rings is 1. The Kier molecular flexibility index (Phi) is 3.12. The standard InChI is InChI=1S/C14H15BrN2/c15-11-4-5-14-13(8-11)10(6-7-16-14)9-17-12-2-1-3-12/h4-8,12,17H,1-3,9H2. The fourth-order valence-corrected chi connectivity index (χ4v) is 2.56. The predicted molar refractivity (Wildman–Crippen MR) is 73.9 cm³/mol. The van der Waals surface area contributed by atoms with E-state index in [1.54, 1.807) is 0 Å². The molecule has 3 rings (SSSR count). The Morgan fingerprint density at radius 3 is 2.94 bits per heavy atom. The third kappa shape index (κ3) is 2.35. The molecule has 3 heteroatoms. The van der Waals surface area contributed by atoms with Gasteiger partial charge in [0.15, 0.2) is 0 Å². The Hall–Kier alpha value is -0.930. The lowest BCUT2D eigenvalue weighted by Crippen LogP contribution is -2.34. The SMILES string of the molecule is Brc1ccc2nccc(CNC3CCC3)c2c1. The van der Waals surface area contributed by atoms with Crippen LogP contribution in [0.25, 0.3) is 10.9 Å². The van der Waals surface area contributed by atoms with Gasteiger partial charge in [-0.05, 0) is 42.7 Å². The Bertz CT molecular complexity index is 535. The van der Waals surface area contributed by atoms with Crippen LogP contribution in [0.4, 0.5) is 0 Å². The number of hydrogen-bond acceptors (Lipinski definition) is 2. The maximum absolute atomic E-state index is 4.40. The first kappa shape index (κ1) is 11.2. The Morgan fingerprint density at radius 2 is 2.18 bits per heavy atom. The van der Waals surface area contributed by atoms with E-state index in [1.807, 2.05) is 12.3 Å². The molecule has 0 bridgehead atoms. The maximum Gasteiger partial charge on any atom is 0.0706 e. The molecule has 0 saturated heterocycles. The summed E-state index contributed by atoms with van der Waals surface area (Å²) in [5.74, 6) is 0. The van der Waals surface area contributed by atoms with Gasteiger partial charge in [-0.2, -0.15) is 0 Å². The molecule has 88 valence electrons. The number of nitrogens with one attached hydrogen (secondary N) is 1. The second-order valence-electron chi connectivity index (χ2n) is 4.64. The van der Waals surface area contributed by atoms with Gasteiger partial charge in [-0.15, -0.1) is 0 Å². The van der Waals surface area contributed by atoms with Crippen LogP contribution in [0.1, 0.15) is 24.8 Å². The van der Waals surface area contributed by atoms with Crippen LogP contribution in [0.15, 0.2) is 34.9 Å². The average Bonchev–Trinajstić information content (AvgIpc) is 2.27. The number of rotatable bonds is 3. The molecule has 1 N–H and O–H groups in total. The molecular formula is C14H15BrN2. The minimum Gasteiger partial charge on any atom is -0.310 e. The van der Waals surface area contributed by atoms with Gasteiger partial charge in [0.1, 0.15) is 0 Å². The zero-order chi connectivity index (χ0) is 11.7. The van der Waals surface area contributed by atoms with Crippen LogP contribution in [-0.2, 0) is 6.54 Å². The minimum absolute atomic E-state index is 0.727. The van der Waals surface area contributed by atoms with E-state index in [4.69, 9.17) is 0 Å². The van der Waals surface area contributed by atoms with E-state index < -0.39 is 0 Å². The van der Waals surface area contributed by atoms with Gasteiger partial charge in [0.25, 0.3) is 0 Å². The summed E-state index contributed by atoms with van der Waals surface area (Å²) in [6, 6.07) is 9.09. The number of aromatic nitrogens is 1. The summed E-state index contributed by atoms with van der Waals surface area (Å²) in [7, 11) is 0. The second-order valence-corrected chi connectivity index (χ2v) is 5.56. The molecule has 0 amide bonds. The molecule has 0 spiro atoms. The molecular weight excluding hydrogens is 276 g/mol. The molecule has 1 fully saturated rings. The van der Waals surface area contributed by atoms with Crippen molar-refractivity contribution in [3.63, 3.8) is 0 Å². The van der Waals surface area contributed by atoms with Crippen LogP contribution in [0.5, 0.6) is 0 Å². The van der Waals surface area contributed by atoms with Crippen molar-refractivity contribution in [3.05, 3.63) is 40.5 Å². The fourth-order valence-electron chi connectivity index (χ4n) is 2.20. The quantitative estimate of drug-likeness (QED) is 0.934. The molecule has 0 atom stereocenters. The van der Waals surface area contributed by atoms with Gasteiger partial charge in [-0.3, -0.25) is 4.98 Å². The highest BCUT2D eigenvalue weighted by Crippen LogP contribution is 2.23. The molecule has 1 aliphatic carbocycles. The highest BCUT2D eigenvalue weighted by atomic mass is 79.9. The minimum atomic E-state index is 0.727. The Morgan fingerprint density at radius 1 is 1.29 bits per heavy atom. The van der Waals surface area contributed by atoms with Crippen molar-refractivity contribution < 1.29 is 0 Å². The molecule has 1 aromatic carbocycles. The lowest BCUT2D eigenvalue weighted by Gasteiger charge is -2.26. The van der Waals surface area contributed by atoms with Crippen molar-refractivity contribution in [2.45, 2.75) is 31.8 Å². The fraction of sp³-hybridized carbons (Fsp3) is 0.357. The average molecular weight is 291 g/mol. The van der Waals surface area contributed by atoms with Crippen LogP contribution >= 0.6 is 15.9 Å². The topological polar surface area (TPSA) is 24.9 Å². The molecule has 2 aromatic rings. The first-order valence-electron chi connectivity index (χ1n) is 6.09. The monoisotopic (exact) mass is 290 g/mol. The summed E-state index contributed by atoms with van der Waals surface area (Å²) in [6.07, 6.45) is 5.92. The molecule has 1 heterocycles. The lowest BCUT2D eigenvalue weighted by atomic mass is 9.93. The zero-order valence-corrected chi connectivity index (χ0v) is 11.2. The third-order valence-electron chi connectivity index (χ3n) is 3.48. The summed E-state index contributed by atoms with van der Waals surface area (Å²) >= 11 is 3.52. The van der Waals surface area contributed by atoms with E-state index in [-0.39, 0.29) is 0 Å². The van der Waals surface area contributed by atoms with Gasteiger partial charge in [0.05, 0.1) is 5.52 Å². The van der Waals surface area contributed by atoms with E-state index >= 15 is 0 Å². The molecule has 0 radical (unpaired) electrons. The van der Waals surface area contributed by atoms with Crippen LogP contribution in [-0.4, -0.2) is 11.0 Å². The van der Waals surface area contributed by atoms with Gasteiger partial charge < -0.3 is 5.32 Å². The Labute approximate surface area is 110 Å². The van der Waals surface area contributed by atoms with E-state index in [0.717, 1.165) is 22.6 Å². The molecule has 1 aromatic heterocycles. The van der Waals surface area contributed by atoms with Crippen LogP contribution in [0.2, 0.25) is 0 Å². The summed E-state index contributed by atoms with van der Waals surface area (Å²) in [4.78, 5) is 4.40. The van der Waals surface area contributed by atoms with Gasteiger partial charge in [-0.25, -0.2) is 0 Å². The first-order valence-corrected chi connectivity index (χ1v) is 6.89. The van der Waals surface area contributed by atoms with Crippen molar-refractivity contribution in [2.24, 2.45) is 0 Å². The van der Waals surface area contributed by atoms with Gasteiger partial charge in [0, 0.05) is 28.6 Å². The van der Waals surface area contributed by atoms with Gasteiger partial charge >= 0.3 is 0 Å². The number of benzene rings is 1. The number of fused-ring (bicyclic) bond motifs is 1. The second kappa shape index (κ2) is 4.75. The van der Waals surface area contributed by atoms with Crippen molar-refractivity contribution in [1.82, 2.24) is 10.3 Å². The molecule has 1 saturated carbocycles. The van der Waals surface area contributed by atoms with Crippen molar-refractivity contribution >= 4 is 26.8 Å². The van der Waals surface area contributed by atoms with E-state index in [2.05, 4.69) is 44.4 Å². The van der Waals surface area contributed by atoms with Crippen molar-refractivity contribution in [1.29, 1.82) is 0 Å². The van der Waals surface area contributed by atoms with Crippen molar-refractivity contribution in [3.8, 4) is 0 Å². The molecule has 2 nitrogen and oxygen atoms in total. The smallest absolute Gasteiger partial charge is 0.0706 e. The summed E-state index contributed by atoms with van der Waals surface area (Å²) < 4.78 is 1.11.